The predicted octanol–water partition coefficient (Wildman–Crippen LogP) is 1.86. The molecule has 0 saturated carbocycles. The highest BCUT2D eigenvalue weighted by molar-refractivity contribution is 14.0. The van der Waals surface area contributed by atoms with Crippen molar-refractivity contribution in [2.24, 2.45) is 10.7 Å². The van der Waals surface area contributed by atoms with Gasteiger partial charge in [-0.15, -0.1) is 45.5 Å². The van der Waals surface area contributed by atoms with Gasteiger partial charge in [0.15, 0.2) is 5.96 Å². The molecule has 21 heavy (non-hydrogen) atoms. The van der Waals surface area contributed by atoms with Crippen molar-refractivity contribution >= 4 is 41.3 Å². The Labute approximate surface area is 147 Å². The summed E-state index contributed by atoms with van der Waals surface area (Å²) in [6.45, 7) is 9.30. The van der Waals surface area contributed by atoms with Gasteiger partial charge in [0.1, 0.15) is 10.0 Å². The number of aliphatic imine (C=N–C) groups is 1. The van der Waals surface area contributed by atoms with Gasteiger partial charge in [0.25, 0.3) is 0 Å². The average Bonchev–Trinajstić information content (AvgIpc) is 2.87. The van der Waals surface area contributed by atoms with Crippen LogP contribution in [0.25, 0.3) is 0 Å². The van der Waals surface area contributed by atoms with Gasteiger partial charge < -0.3 is 15.4 Å². The number of hydrogen-bond donors (Lipinski definition) is 1. The molecule has 1 unspecified atom stereocenters. The zero-order valence-corrected chi connectivity index (χ0v) is 15.9. The van der Waals surface area contributed by atoms with E-state index in [9.17, 15) is 0 Å². The summed E-state index contributed by atoms with van der Waals surface area (Å²) < 4.78 is 5.49. The predicted molar refractivity (Wildman–Crippen MR) is 96.6 cm³/mol. The molecule has 8 heteroatoms. The molecule has 2 heterocycles. The molecule has 0 bridgehead atoms. The summed E-state index contributed by atoms with van der Waals surface area (Å²) in [6.07, 6.45) is 1.01. The molecule has 6 nitrogen and oxygen atoms in total. The first-order chi connectivity index (χ1) is 9.56. The Kier molecular flexibility index (Phi) is 7.82. The molecule has 0 aliphatic carbocycles. The summed E-state index contributed by atoms with van der Waals surface area (Å²) >= 11 is 1.66. The van der Waals surface area contributed by atoms with Gasteiger partial charge in [0.2, 0.25) is 0 Å². The molecule has 0 amide bonds. The van der Waals surface area contributed by atoms with E-state index in [1.165, 1.54) is 0 Å². The second-order valence-electron chi connectivity index (χ2n) is 5.31. The average molecular weight is 425 g/mol. The summed E-state index contributed by atoms with van der Waals surface area (Å²) in [5.74, 6) is 1.04. The van der Waals surface area contributed by atoms with Gasteiger partial charge in [0.05, 0.1) is 12.7 Å². The van der Waals surface area contributed by atoms with Crippen molar-refractivity contribution < 1.29 is 4.74 Å². The van der Waals surface area contributed by atoms with Crippen molar-refractivity contribution in [3.05, 3.63) is 10.0 Å². The van der Waals surface area contributed by atoms with Crippen LogP contribution < -0.4 is 5.73 Å². The minimum atomic E-state index is 0. The van der Waals surface area contributed by atoms with E-state index in [1.54, 1.807) is 11.3 Å². The van der Waals surface area contributed by atoms with Crippen molar-refractivity contribution in [1.29, 1.82) is 0 Å². The summed E-state index contributed by atoms with van der Waals surface area (Å²) in [4.78, 5) is 6.51. The fourth-order valence-corrected chi connectivity index (χ4v) is 2.83. The van der Waals surface area contributed by atoms with Crippen molar-refractivity contribution in [2.75, 3.05) is 26.2 Å². The molecule has 0 aromatic carbocycles. The fourth-order valence-electron chi connectivity index (χ4n) is 1.99. The third-order valence-electron chi connectivity index (χ3n) is 3.14. The Morgan fingerprint density at radius 3 is 2.90 bits per heavy atom. The van der Waals surface area contributed by atoms with Crippen LogP contribution in [0, 0.1) is 0 Å². The summed E-state index contributed by atoms with van der Waals surface area (Å²) in [7, 11) is 0. The molecule has 2 rings (SSSR count). The maximum absolute atomic E-state index is 6.02. The van der Waals surface area contributed by atoms with E-state index in [2.05, 4.69) is 33.9 Å². The van der Waals surface area contributed by atoms with Crippen LogP contribution in [0.5, 0.6) is 0 Å². The second-order valence-corrected chi connectivity index (χ2v) is 6.40. The third-order valence-corrected chi connectivity index (χ3v) is 4.42. The highest BCUT2D eigenvalue weighted by Crippen LogP contribution is 2.19. The van der Waals surface area contributed by atoms with Crippen LogP contribution in [0.15, 0.2) is 4.99 Å². The topological polar surface area (TPSA) is 76.6 Å². The van der Waals surface area contributed by atoms with Crippen molar-refractivity contribution in [1.82, 2.24) is 15.1 Å². The summed E-state index contributed by atoms with van der Waals surface area (Å²) in [6, 6.07) is 0. The Hall–Kier alpha value is -0.480. The van der Waals surface area contributed by atoms with Crippen LogP contribution >= 0.6 is 35.3 Å². The number of halogens is 1. The lowest BCUT2D eigenvalue weighted by atomic mass is 10.2. The van der Waals surface area contributed by atoms with E-state index >= 15 is 0 Å². The lowest BCUT2D eigenvalue weighted by Gasteiger charge is -2.31. The number of nitrogens with zero attached hydrogens (tertiary/aromatic N) is 4. The lowest BCUT2D eigenvalue weighted by molar-refractivity contribution is 0.00530. The van der Waals surface area contributed by atoms with Crippen LogP contribution in [-0.2, 0) is 11.2 Å². The quantitative estimate of drug-likeness (QED) is 0.453. The number of nitrogens with two attached hydrogens (primary N) is 1. The van der Waals surface area contributed by atoms with Gasteiger partial charge in [-0.3, -0.25) is 4.99 Å². The largest absolute Gasteiger partial charge is 0.375 e. The van der Waals surface area contributed by atoms with Gasteiger partial charge in [0, 0.05) is 32.0 Å². The number of guanidine groups is 1. The number of ether oxygens (including phenoxy) is 1. The molecule has 1 aliphatic heterocycles. The third kappa shape index (κ3) is 5.67. The minimum Gasteiger partial charge on any atom is -0.375 e. The van der Waals surface area contributed by atoms with Crippen LogP contribution in [0.2, 0.25) is 0 Å². The first-order valence-corrected chi connectivity index (χ1v) is 7.86. The van der Waals surface area contributed by atoms with E-state index in [0.29, 0.717) is 25.0 Å². The fraction of sp³-hybridized carbons (Fsp3) is 0.769. The zero-order valence-electron chi connectivity index (χ0n) is 12.8. The molecular formula is C13H24IN5OS. The maximum atomic E-state index is 6.02. The van der Waals surface area contributed by atoms with Crippen molar-refractivity contribution in [3.8, 4) is 0 Å². The smallest absolute Gasteiger partial charge is 0.191 e. The Balaban J connectivity index is 0.00000220. The van der Waals surface area contributed by atoms with E-state index in [1.807, 2.05) is 6.92 Å². The molecule has 1 atom stereocenters. The monoisotopic (exact) mass is 425 g/mol. The Morgan fingerprint density at radius 2 is 2.29 bits per heavy atom. The number of rotatable bonds is 4. The molecule has 0 spiro atoms. The molecule has 0 radical (unpaired) electrons. The van der Waals surface area contributed by atoms with Crippen molar-refractivity contribution in [2.45, 2.75) is 39.2 Å². The summed E-state index contributed by atoms with van der Waals surface area (Å²) in [5.41, 5.74) is 6.02. The molecule has 2 N–H and O–H groups in total. The number of morpholine rings is 1. The molecule has 1 fully saturated rings. The Bertz CT molecular complexity index is 465. The molecular weight excluding hydrogens is 401 g/mol. The van der Waals surface area contributed by atoms with E-state index in [0.717, 1.165) is 29.5 Å². The molecule has 1 aliphatic rings. The van der Waals surface area contributed by atoms with Crippen molar-refractivity contribution in [3.63, 3.8) is 0 Å². The van der Waals surface area contributed by atoms with Gasteiger partial charge in [-0.05, 0) is 6.92 Å². The molecule has 1 saturated heterocycles. The van der Waals surface area contributed by atoms with Gasteiger partial charge in [-0.1, -0.05) is 13.8 Å². The van der Waals surface area contributed by atoms with Gasteiger partial charge >= 0.3 is 0 Å². The lowest BCUT2D eigenvalue weighted by Crippen LogP contribution is -2.47. The van der Waals surface area contributed by atoms with E-state index in [4.69, 9.17) is 10.5 Å². The van der Waals surface area contributed by atoms with Crippen LogP contribution in [-0.4, -0.2) is 53.4 Å². The molecule has 120 valence electrons. The zero-order chi connectivity index (χ0) is 14.5. The normalized spacial score (nSPS) is 19.7. The van der Waals surface area contributed by atoms with Crippen LogP contribution in [0.1, 0.15) is 36.7 Å². The summed E-state index contributed by atoms with van der Waals surface area (Å²) in [5, 5.41) is 10.5. The standard InChI is InChI=1S/C13H23N5OS.HI/c1-9(2)12-17-16-11(20-12)4-5-15-13(14)18-6-7-19-10(3)8-18;/h9-10H,4-8H2,1-3H3,(H2,14,15);1H. The first kappa shape index (κ1) is 18.6. The van der Waals surface area contributed by atoms with E-state index < -0.39 is 0 Å². The van der Waals surface area contributed by atoms with Gasteiger partial charge in [-0.25, -0.2) is 0 Å². The highest BCUT2D eigenvalue weighted by Gasteiger charge is 2.17. The van der Waals surface area contributed by atoms with Crippen LogP contribution in [0.3, 0.4) is 0 Å². The SMILES string of the molecule is CC1CN(C(N)=NCCc2nnc(C(C)C)s2)CCO1.I. The second kappa shape index (κ2) is 8.84. The minimum absolute atomic E-state index is 0. The maximum Gasteiger partial charge on any atom is 0.191 e. The van der Waals surface area contributed by atoms with E-state index in [-0.39, 0.29) is 30.1 Å². The number of hydrogen-bond acceptors (Lipinski definition) is 5. The number of aromatic nitrogens is 2. The Morgan fingerprint density at radius 1 is 1.52 bits per heavy atom. The first-order valence-electron chi connectivity index (χ1n) is 7.05. The van der Waals surface area contributed by atoms with Crippen LogP contribution in [0.4, 0.5) is 0 Å². The highest BCUT2D eigenvalue weighted by atomic mass is 127. The van der Waals surface area contributed by atoms with Gasteiger partial charge in [-0.2, -0.15) is 0 Å². The molecule has 1 aromatic rings. The molecule has 1 aromatic heterocycles.